The standard InChI is InChI=1S/C28H36N2O2/c1-2-3-7-10-30-18-24(26(31)14-25(30)23-8-5-4-6-9-23)27(32)29-19-28-15-20-11-21(16-28)13-22(12-20)17-28/h4-6,8-9,14,18,20-22H,2-3,7,10-13,15-17,19H2,1H3,(H,29,32). The molecule has 0 saturated heterocycles. The second kappa shape index (κ2) is 8.88. The average Bonchev–Trinajstić information content (AvgIpc) is 2.78. The van der Waals surface area contributed by atoms with Crippen LogP contribution in [0.25, 0.3) is 11.3 Å². The van der Waals surface area contributed by atoms with Gasteiger partial charge in [-0.1, -0.05) is 50.1 Å². The van der Waals surface area contributed by atoms with Crippen molar-refractivity contribution in [2.45, 2.75) is 71.3 Å². The monoisotopic (exact) mass is 432 g/mol. The van der Waals surface area contributed by atoms with E-state index in [2.05, 4.69) is 16.8 Å². The highest BCUT2D eigenvalue weighted by atomic mass is 16.2. The van der Waals surface area contributed by atoms with Crippen LogP contribution in [0.3, 0.4) is 0 Å². The largest absolute Gasteiger partial charge is 0.351 e. The van der Waals surface area contributed by atoms with E-state index in [0.717, 1.165) is 61.4 Å². The number of benzene rings is 1. The molecule has 4 saturated carbocycles. The molecular formula is C28H36N2O2. The van der Waals surface area contributed by atoms with Gasteiger partial charge in [-0.05, 0) is 73.7 Å². The van der Waals surface area contributed by atoms with Crippen molar-refractivity contribution in [1.29, 1.82) is 0 Å². The Morgan fingerprint density at radius 2 is 1.69 bits per heavy atom. The fourth-order valence-electron chi connectivity index (χ4n) is 7.19. The molecule has 1 aromatic carbocycles. The number of unbranched alkanes of at least 4 members (excludes halogenated alkanes) is 2. The molecule has 1 heterocycles. The highest BCUT2D eigenvalue weighted by molar-refractivity contribution is 5.94. The van der Waals surface area contributed by atoms with E-state index in [1.54, 1.807) is 12.3 Å². The van der Waals surface area contributed by atoms with E-state index < -0.39 is 0 Å². The molecule has 1 N–H and O–H groups in total. The van der Waals surface area contributed by atoms with Gasteiger partial charge in [0.2, 0.25) is 0 Å². The van der Waals surface area contributed by atoms with Crippen LogP contribution >= 0.6 is 0 Å². The molecule has 0 aliphatic heterocycles. The van der Waals surface area contributed by atoms with Crippen molar-refractivity contribution in [2.24, 2.45) is 23.2 Å². The summed E-state index contributed by atoms with van der Waals surface area (Å²) in [4.78, 5) is 26.1. The molecule has 0 spiro atoms. The van der Waals surface area contributed by atoms with Gasteiger partial charge in [0.25, 0.3) is 5.91 Å². The lowest BCUT2D eigenvalue weighted by Crippen LogP contribution is -2.51. The van der Waals surface area contributed by atoms with Gasteiger partial charge in [0.1, 0.15) is 5.56 Å². The van der Waals surface area contributed by atoms with Crippen molar-refractivity contribution in [2.75, 3.05) is 6.54 Å². The van der Waals surface area contributed by atoms with Gasteiger partial charge >= 0.3 is 0 Å². The SMILES string of the molecule is CCCCCn1cc(C(=O)NCC23CC4CC(CC(C4)C2)C3)c(=O)cc1-c1ccccc1. The minimum atomic E-state index is -0.199. The number of rotatable bonds is 8. The van der Waals surface area contributed by atoms with E-state index >= 15 is 0 Å². The van der Waals surface area contributed by atoms with Gasteiger partial charge in [-0.3, -0.25) is 9.59 Å². The van der Waals surface area contributed by atoms with Crippen LogP contribution in [0.2, 0.25) is 0 Å². The number of hydrogen-bond acceptors (Lipinski definition) is 2. The van der Waals surface area contributed by atoms with Crippen LogP contribution in [0.1, 0.15) is 75.1 Å². The summed E-state index contributed by atoms with van der Waals surface area (Å²) in [6.07, 6.45) is 13.1. The number of aryl methyl sites for hydroxylation is 1. The summed E-state index contributed by atoms with van der Waals surface area (Å²) in [5, 5.41) is 3.20. The van der Waals surface area contributed by atoms with Gasteiger partial charge in [0.15, 0.2) is 5.43 Å². The van der Waals surface area contributed by atoms with Crippen LogP contribution in [0.4, 0.5) is 0 Å². The van der Waals surface area contributed by atoms with Gasteiger partial charge in [-0.2, -0.15) is 0 Å². The molecule has 4 heteroatoms. The first-order valence-corrected chi connectivity index (χ1v) is 12.6. The zero-order chi connectivity index (χ0) is 22.1. The number of nitrogens with zero attached hydrogens (tertiary/aromatic N) is 1. The van der Waals surface area contributed by atoms with E-state index in [1.165, 1.54) is 38.5 Å². The lowest BCUT2D eigenvalue weighted by molar-refractivity contribution is -0.0503. The third-order valence-corrected chi connectivity index (χ3v) is 8.23. The first-order valence-electron chi connectivity index (χ1n) is 12.6. The molecule has 1 amide bonds. The Morgan fingerprint density at radius 3 is 2.31 bits per heavy atom. The molecule has 170 valence electrons. The summed E-state index contributed by atoms with van der Waals surface area (Å²) < 4.78 is 2.10. The summed E-state index contributed by atoms with van der Waals surface area (Å²) in [6.45, 7) is 3.73. The van der Waals surface area contributed by atoms with Crippen molar-refractivity contribution in [1.82, 2.24) is 9.88 Å². The predicted octanol–water partition coefficient (Wildman–Crippen LogP) is 5.65. The summed E-state index contributed by atoms with van der Waals surface area (Å²) in [7, 11) is 0. The van der Waals surface area contributed by atoms with Gasteiger partial charge in [-0.15, -0.1) is 0 Å². The Kier molecular flexibility index (Phi) is 5.96. The number of carbonyl (C=O) groups is 1. The molecule has 1 aromatic heterocycles. The number of aromatic nitrogens is 1. The first kappa shape index (κ1) is 21.5. The average molecular weight is 433 g/mol. The van der Waals surface area contributed by atoms with Gasteiger partial charge in [0.05, 0.1) is 5.69 Å². The maximum Gasteiger partial charge on any atom is 0.256 e. The Balaban J connectivity index is 1.36. The van der Waals surface area contributed by atoms with E-state index in [4.69, 9.17) is 0 Å². The molecule has 2 aromatic rings. The van der Waals surface area contributed by atoms with E-state index in [-0.39, 0.29) is 22.3 Å². The minimum Gasteiger partial charge on any atom is -0.351 e. The van der Waals surface area contributed by atoms with Crippen LogP contribution < -0.4 is 10.7 Å². The number of nitrogens with one attached hydrogen (secondary N) is 1. The van der Waals surface area contributed by atoms with Crippen molar-refractivity contribution in [3.8, 4) is 11.3 Å². The quantitative estimate of drug-likeness (QED) is 0.548. The van der Waals surface area contributed by atoms with Crippen molar-refractivity contribution in [3.05, 3.63) is 58.4 Å². The summed E-state index contributed by atoms with van der Waals surface area (Å²) in [5.74, 6) is 2.38. The van der Waals surface area contributed by atoms with Gasteiger partial charge in [-0.25, -0.2) is 0 Å². The number of carbonyl (C=O) groups excluding carboxylic acids is 1. The van der Waals surface area contributed by atoms with Crippen molar-refractivity contribution < 1.29 is 4.79 Å². The zero-order valence-electron chi connectivity index (χ0n) is 19.3. The Hall–Kier alpha value is -2.36. The molecule has 4 nitrogen and oxygen atoms in total. The maximum atomic E-state index is 13.2. The van der Waals surface area contributed by atoms with Crippen molar-refractivity contribution >= 4 is 5.91 Å². The minimum absolute atomic E-state index is 0.182. The second-order valence-electron chi connectivity index (χ2n) is 10.8. The molecule has 0 radical (unpaired) electrons. The van der Waals surface area contributed by atoms with Gasteiger partial charge in [0, 0.05) is 25.4 Å². The molecule has 0 unspecified atom stereocenters. The predicted molar refractivity (Wildman–Crippen MR) is 129 cm³/mol. The number of amides is 1. The summed E-state index contributed by atoms with van der Waals surface area (Å²) >= 11 is 0. The lowest BCUT2D eigenvalue weighted by Gasteiger charge is -2.56. The highest BCUT2D eigenvalue weighted by Gasteiger charge is 2.50. The fourth-order valence-corrected chi connectivity index (χ4v) is 7.19. The van der Waals surface area contributed by atoms with Crippen LogP contribution in [-0.2, 0) is 6.54 Å². The van der Waals surface area contributed by atoms with Crippen molar-refractivity contribution in [3.63, 3.8) is 0 Å². The van der Waals surface area contributed by atoms with Crippen LogP contribution in [0, 0.1) is 23.2 Å². The van der Waals surface area contributed by atoms with E-state index in [0.29, 0.717) is 0 Å². The molecule has 4 aliphatic rings. The molecule has 4 aliphatic carbocycles. The topological polar surface area (TPSA) is 51.1 Å². The lowest BCUT2D eigenvalue weighted by atomic mass is 9.49. The third-order valence-electron chi connectivity index (χ3n) is 8.23. The Morgan fingerprint density at radius 1 is 1.03 bits per heavy atom. The molecule has 4 bridgehead atoms. The molecule has 4 fully saturated rings. The zero-order valence-corrected chi connectivity index (χ0v) is 19.3. The number of hydrogen-bond donors (Lipinski definition) is 1. The van der Waals surface area contributed by atoms with E-state index in [9.17, 15) is 9.59 Å². The molecular weight excluding hydrogens is 396 g/mol. The normalized spacial score (nSPS) is 28.1. The summed E-state index contributed by atoms with van der Waals surface area (Å²) in [6, 6.07) is 11.7. The van der Waals surface area contributed by atoms with Crippen LogP contribution in [-0.4, -0.2) is 17.0 Å². The molecule has 0 atom stereocenters. The molecule has 6 rings (SSSR count). The molecule has 32 heavy (non-hydrogen) atoms. The number of pyridine rings is 1. The van der Waals surface area contributed by atoms with Gasteiger partial charge < -0.3 is 9.88 Å². The Bertz CT molecular complexity index is 988. The third kappa shape index (κ3) is 4.29. The maximum absolute atomic E-state index is 13.2. The fraction of sp³-hybridized carbons (Fsp3) is 0.571. The summed E-state index contributed by atoms with van der Waals surface area (Å²) in [5.41, 5.74) is 2.28. The van der Waals surface area contributed by atoms with Crippen LogP contribution in [0.15, 0.2) is 47.4 Å². The Labute approximate surface area is 191 Å². The highest BCUT2D eigenvalue weighted by Crippen LogP contribution is 2.59. The van der Waals surface area contributed by atoms with Crippen LogP contribution in [0.5, 0.6) is 0 Å². The first-order chi connectivity index (χ1) is 15.5. The van der Waals surface area contributed by atoms with E-state index in [1.807, 2.05) is 30.3 Å². The second-order valence-corrected chi connectivity index (χ2v) is 10.8. The smallest absolute Gasteiger partial charge is 0.256 e.